The fraction of sp³-hybridized carbons (Fsp3) is 0.789. The molecule has 0 unspecified atom stereocenters. The van der Waals surface area contributed by atoms with E-state index in [0.717, 1.165) is 32.7 Å². The molecule has 0 N–H and O–H groups in total. The summed E-state index contributed by atoms with van der Waals surface area (Å²) in [5.41, 5.74) is 0. The molecule has 0 aliphatic carbocycles. The highest BCUT2D eigenvalue weighted by molar-refractivity contribution is 5.78. The molecule has 2 fully saturated rings. The summed E-state index contributed by atoms with van der Waals surface area (Å²) in [5.74, 6) is 2.71. The fourth-order valence-corrected chi connectivity index (χ4v) is 4.02. The van der Waals surface area contributed by atoms with E-state index in [4.69, 9.17) is 0 Å². The second kappa shape index (κ2) is 8.15. The van der Waals surface area contributed by atoms with Crippen LogP contribution >= 0.6 is 0 Å². The van der Waals surface area contributed by atoms with Gasteiger partial charge in [0.25, 0.3) is 0 Å². The number of carbonyl (C=O) groups excluding carboxylic acids is 1. The lowest BCUT2D eigenvalue weighted by Gasteiger charge is -2.34. The fourth-order valence-electron chi connectivity index (χ4n) is 4.02. The molecule has 1 aromatic heterocycles. The van der Waals surface area contributed by atoms with Gasteiger partial charge in [0, 0.05) is 37.9 Å². The highest BCUT2D eigenvalue weighted by Crippen LogP contribution is 2.22. The second-order valence-electron chi connectivity index (χ2n) is 7.75. The van der Waals surface area contributed by atoms with E-state index in [1.165, 1.54) is 37.9 Å². The molecule has 0 radical (unpaired) electrons. The normalized spacial score (nSPS) is 20.7. The zero-order valence-electron chi connectivity index (χ0n) is 15.3. The average Bonchev–Trinajstić information content (AvgIpc) is 3.06. The van der Waals surface area contributed by atoms with E-state index in [0.29, 0.717) is 24.3 Å². The Morgan fingerprint density at radius 2 is 1.88 bits per heavy atom. The smallest absolute Gasteiger partial charge is 0.236 e. The van der Waals surface area contributed by atoms with Gasteiger partial charge >= 0.3 is 0 Å². The minimum Gasteiger partial charge on any atom is -0.342 e. The van der Waals surface area contributed by atoms with Crippen LogP contribution < -0.4 is 0 Å². The van der Waals surface area contributed by atoms with E-state index in [1.54, 1.807) is 0 Å². The number of amides is 1. The van der Waals surface area contributed by atoms with Crippen LogP contribution in [-0.4, -0.2) is 58.0 Å². The lowest BCUT2D eigenvalue weighted by atomic mass is 9.96. The number of rotatable bonds is 5. The van der Waals surface area contributed by atoms with Gasteiger partial charge in [-0.05, 0) is 51.1 Å². The second-order valence-corrected chi connectivity index (χ2v) is 7.75. The molecule has 3 heterocycles. The maximum Gasteiger partial charge on any atom is 0.236 e. The SMILES string of the molecule is CC(C)c1nccn1CC1CCN(CC(=O)N2CCCCC2)CC1. The molecule has 134 valence electrons. The number of nitrogens with zero attached hydrogens (tertiary/aromatic N) is 4. The first kappa shape index (κ1) is 17.5. The zero-order valence-corrected chi connectivity index (χ0v) is 15.3. The molecule has 5 heteroatoms. The number of piperidine rings is 2. The van der Waals surface area contributed by atoms with Crippen molar-refractivity contribution in [2.75, 3.05) is 32.7 Å². The molecular weight excluding hydrogens is 300 g/mol. The standard InChI is InChI=1S/C19H32N4O/c1-16(2)19-20-8-13-23(19)14-17-6-11-21(12-7-17)15-18(24)22-9-4-3-5-10-22/h8,13,16-17H,3-7,9-12,14-15H2,1-2H3. The summed E-state index contributed by atoms with van der Waals surface area (Å²) < 4.78 is 2.32. The first-order valence-electron chi connectivity index (χ1n) is 9.64. The highest BCUT2D eigenvalue weighted by atomic mass is 16.2. The van der Waals surface area contributed by atoms with Crippen molar-refractivity contribution >= 4 is 5.91 Å². The third-order valence-electron chi connectivity index (χ3n) is 5.49. The maximum atomic E-state index is 12.4. The van der Waals surface area contributed by atoms with Gasteiger partial charge in [-0.2, -0.15) is 0 Å². The van der Waals surface area contributed by atoms with Crippen molar-refractivity contribution in [1.82, 2.24) is 19.4 Å². The van der Waals surface area contributed by atoms with Crippen LogP contribution in [0, 0.1) is 5.92 Å². The summed E-state index contributed by atoms with van der Waals surface area (Å²) in [5, 5.41) is 0. The molecule has 0 bridgehead atoms. The minimum absolute atomic E-state index is 0.338. The predicted molar refractivity (Wildman–Crippen MR) is 95.9 cm³/mol. The molecule has 2 aliphatic rings. The van der Waals surface area contributed by atoms with Crippen molar-refractivity contribution in [3.63, 3.8) is 0 Å². The van der Waals surface area contributed by atoms with Gasteiger partial charge in [-0.1, -0.05) is 13.8 Å². The van der Waals surface area contributed by atoms with E-state index in [-0.39, 0.29) is 0 Å². The number of imidazole rings is 1. The third-order valence-corrected chi connectivity index (χ3v) is 5.49. The monoisotopic (exact) mass is 332 g/mol. The van der Waals surface area contributed by atoms with Crippen molar-refractivity contribution < 1.29 is 4.79 Å². The van der Waals surface area contributed by atoms with Crippen LogP contribution in [0.5, 0.6) is 0 Å². The molecule has 3 rings (SSSR count). The molecule has 2 aliphatic heterocycles. The quantitative estimate of drug-likeness (QED) is 0.832. The molecule has 0 saturated carbocycles. The lowest BCUT2D eigenvalue weighted by Crippen LogP contribution is -2.45. The van der Waals surface area contributed by atoms with E-state index in [9.17, 15) is 4.79 Å². The maximum absolute atomic E-state index is 12.4. The lowest BCUT2D eigenvalue weighted by molar-refractivity contribution is -0.133. The third kappa shape index (κ3) is 4.38. The van der Waals surface area contributed by atoms with Crippen molar-refractivity contribution in [3.05, 3.63) is 18.2 Å². The highest BCUT2D eigenvalue weighted by Gasteiger charge is 2.24. The summed E-state index contributed by atoms with van der Waals surface area (Å²) in [6, 6.07) is 0. The molecule has 1 amide bonds. The van der Waals surface area contributed by atoms with Crippen LogP contribution in [0.25, 0.3) is 0 Å². The van der Waals surface area contributed by atoms with Gasteiger partial charge in [0.05, 0.1) is 6.54 Å². The Morgan fingerprint density at radius 3 is 2.54 bits per heavy atom. The van der Waals surface area contributed by atoms with Crippen LogP contribution in [0.3, 0.4) is 0 Å². The first-order valence-corrected chi connectivity index (χ1v) is 9.64. The van der Waals surface area contributed by atoms with Crippen molar-refractivity contribution in [3.8, 4) is 0 Å². The summed E-state index contributed by atoms with van der Waals surface area (Å²) in [4.78, 5) is 21.3. The molecule has 0 atom stereocenters. The minimum atomic E-state index is 0.338. The summed E-state index contributed by atoms with van der Waals surface area (Å²) in [6.07, 6.45) is 10.0. The van der Waals surface area contributed by atoms with E-state index >= 15 is 0 Å². The molecular formula is C19H32N4O. The average molecular weight is 332 g/mol. The number of hydrogen-bond donors (Lipinski definition) is 0. The van der Waals surface area contributed by atoms with E-state index < -0.39 is 0 Å². The van der Waals surface area contributed by atoms with Crippen LogP contribution in [0.2, 0.25) is 0 Å². The van der Waals surface area contributed by atoms with Gasteiger partial charge in [-0.25, -0.2) is 4.98 Å². The first-order chi connectivity index (χ1) is 11.6. The Morgan fingerprint density at radius 1 is 1.17 bits per heavy atom. The van der Waals surface area contributed by atoms with Gasteiger partial charge < -0.3 is 9.47 Å². The summed E-state index contributed by atoms with van der Waals surface area (Å²) in [6.45, 7) is 10.1. The van der Waals surface area contributed by atoms with Gasteiger partial charge in [-0.15, -0.1) is 0 Å². The van der Waals surface area contributed by atoms with Crippen LogP contribution in [-0.2, 0) is 11.3 Å². The Bertz CT molecular complexity index is 525. The molecule has 0 aromatic carbocycles. The number of carbonyl (C=O) groups is 1. The van der Waals surface area contributed by atoms with Crippen LogP contribution in [0.15, 0.2) is 12.4 Å². The molecule has 1 aromatic rings. The van der Waals surface area contributed by atoms with Crippen molar-refractivity contribution in [2.45, 2.75) is 58.4 Å². The molecule has 0 spiro atoms. The summed E-state index contributed by atoms with van der Waals surface area (Å²) >= 11 is 0. The Kier molecular flexibility index (Phi) is 5.93. The predicted octanol–water partition coefficient (Wildman–Crippen LogP) is 2.73. The van der Waals surface area contributed by atoms with Gasteiger partial charge in [-0.3, -0.25) is 9.69 Å². The van der Waals surface area contributed by atoms with Crippen LogP contribution in [0.4, 0.5) is 0 Å². The number of hydrogen-bond acceptors (Lipinski definition) is 3. The largest absolute Gasteiger partial charge is 0.342 e. The van der Waals surface area contributed by atoms with E-state index in [2.05, 4.69) is 39.4 Å². The number of aromatic nitrogens is 2. The molecule has 24 heavy (non-hydrogen) atoms. The topological polar surface area (TPSA) is 41.4 Å². The molecule has 2 saturated heterocycles. The van der Waals surface area contributed by atoms with Crippen LogP contribution in [0.1, 0.15) is 57.7 Å². The zero-order chi connectivity index (χ0) is 16.9. The van der Waals surface area contributed by atoms with Crippen molar-refractivity contribution in [2.24, 2.45) is 5.92 Å². The summed E-state index contributed by atoms with van der Waals surface area (Å²) in [7, 11) is 0. The molecule has 5 nitrogen and oxygen atoms in total. The Hall–Kier alpha value is -1.36. The van der Waals surface area contributed by atoms with Gasteiger partial charge in [0.1, 0.15) is 5.82 Å². The van der Waals surface area contributed by atoms with E-state index in [1.807, 2.05) is 6.20 Å². The Labute approximate surface area is 146 Å². The van der Waals surface area contributed by atoms with Gasteiger partial charge in [0.2, 0.25) is 5.91 Å². The van der Waals surface area contributed by atoms with Crippen molar-refractivity contribution in [1.29, 1.82) is 0 Å². The Balaban J connectivity index is 1.44. The number of likely N-dealkylation sites (tertiary alicyclic amines) is 2. The van der Waals surface area contributed by atoms with Gasteiger partial charge in [0.15, 0.2) is 0 Å².